The van der Waals surface area contributed by atoms with E-state index >= 15 is 0 Å². The molecule has 1 aliphatic heterocycles. The Bertz CT molecular complexity index is 941. The fraction of sp³-hybridized carbons (Fsp3) is 0.500. The second-order valence-electron chi connectivity index (χ2n) is 7.27. The van der Waals surface area contributed by atoms with Gasteiger partial charge in [-0.2, -0.15) is 10.1 Å². The van der Waals surface area contributed by atoms with E-state index in [1.807, 2.05) is 29.2 Å². The number of carbonyl (C=O) groups excluding carboxylic acids is 1. The largest absolute Gasteiger partial charge is 0.338 e. The molecule has 28 heavy (non-hydrogen) atoms. The Morgan fingerprint density at radius 1 is 1.25 bits per heavy atom. The molecule has 1 fully saturated rings. The molecule has 0 saturated carbocycles. The number of hydrogen-bond donors (Lipinski definition) is 1. The van der Waals surface area contributed by atoms with E-state index in [0.29, 0.717) is 24.7 Å². The molecule has 0 bridgehead atoms. The van der Waals surface area contributed by atoms with Crippen molar-refractivity contribution in [3.63, 3.8) is 0 Å². The number of nitrogens with zero attached hydrogens (tertiary/aromatic N) is 5. The second kappa shape index (κ2) is 8.10. The first-order valence-electron chi connectivity index (χ1n) is 9.96. The van der Waals surface area contributed by atoms with Gasteiger partial charge in [0.25, 0.3) is 5.91 Å². The van der Waals surface area contributed by atoms with E-state index in [-0.39, 0.29) is 11.9 Å². The van der Waals surface area contributed by atoms with Crippen LogP contribution < -0.4 is 0 Å². The highest BCUT2D eigenvalue weighted by molar-refractivity contribution is 6.04. The van der Waals surface area contributed by atoms with Gasteiger partial charge in [-0.3, -0.25) is 14.8 Å². The molecule has 0 spiro atoms. The van der Waals surface area contributed by atoms with Crippen LogP contribution in [0.5, 0.6) is 0 Å². The number of benzene rings is 1. The molecular weight excluding hydrogens is 356 g/mol. The predicted octanol–water partition coefficient (Wildman–Crippen LogP) is 2.81. The number of rotatable bonds is 6. The molecule has 1 saturated heterocycles. The third-order valence-electron chi connectivity index (χ3n) is 5.42. The summed E-state index contributed by atoms with van der Waals surface area (Å²) in [7, 11) is 0. The van der Waals surface area contributed by atoms with Crippen molar-refractivity contribution in [1.29, 1.82) is 0 Å². The van der Waals surface area contributed by atoms with Gasteiger partial charge in [0, 0.05) is 38.0 Å². The average molecular weight is 382 g/mol. The van der Waals surface area contributed by atoms with Crippen LogP contribution in [-0.4, -0.2) is 62.2 Å². The van der Waals surface area contributed by atoms with Crippen LogP contribution >= 0.6 is 0 Å². The molecule has 8 heteroatoms. The van der Waals surface area contributed by atoms with Crippen molar-refractivity contribution < 1.29 is 9.32 Å². The van der Waals surface area contributed by atoms with Gasteiger partial charge < -0.3 is 9.42 Å². The highest BCUT2D eigenvalue weighted by Gasteiger charge is 2.29. The zero-order valence-corrected chi connectivity index (χ0v) is 16.4. The molecule has 1 aromatic carbocycles. The number of piperazine rings is 1. The summed E-state index contributed by atoms with van der Waals surface area (Å²) in [4.78, 5) is 21.6. The van der Waals surface area contributed by atoms with Crippen molar-refractivity contribution in [1.82, 2.24) is 30.1 Å². The van der Waals surface area contributed by atoms with Crippen molar-refractivity contribution in [2.75, 3.05) is 26.2 Å². The quantitative estimate of drug-likeness (QED) is 0.705. The normalized spacial score (nSPS) is 16.6. The number of amides is 1. The predicted molar refractivity (Wildman–Crippen MR) is 105 cm³/mol. The van der Waals surface area contributed by atoms with Crippen molar-refractivity contribution in [2.24, 2.45) is 0 Å². The summed E-state index contributed by atoms with van der Waals surface area (Å²) in [6.07, 6.45) is 3.03. The fourth-order valence-electron chi connectivity index (χ4n) is 3.62. The molecule has 1 atom stereocenters. The number of para-hydroxylation sites is 1. The van der Waals surface area contributed by atoms with Crippen LogP contribution in [0.1, 0.15) is 54.9 Å². The van der Waals surface area contributed by atoms with E-state index < -0.39 is 0 Å². The second-order valence-corrected chi connectivity index (χ2v) is 7.27. The number of hydrogen-bond acceptors (Lipinski definition) is 6. The van der Waals surface area contributed by atoms with Crippen molar-refractivity contribution >= 4 is 16.8 Å². The van der Waals surface area contributed by atoms with Crippen LogP contribution in [-0.2, 0) is 6.42 Å². The standard InChI is InChI=1S/C20H26N6O2/c1-3-4-9-17-21-19(28-24-17)14(2)25-10-12-26(13-11-25)20(27)18-15-7-5-6-8-16(15)22-23-18/h5-8,14H,3-4,9-13H2,1-2H3,(H,22,23). The SMILES string of the molecule is CCCCc1noc(C(C)N2CCN(C(=O)c3n[nH]c4ccccc34)CC2)n1. The zero-order valence-electron chi connectivity index (χ0n) is 16.4. The number of aryl methyl sites for hydroxylation is 1. The number of unbranched alkanes of at least 4 members (excludes halogenated alkanes) is 1. The summed E-state index contributed by atoms with van der Waals surface area (Å²) in [6, 6.07) is 7.76. The number of carbonyl (C=O) groups is 1. The van der Waals surface area contributed by atoms with Gasteiger partial charge in [-0.05, 0) is 19.4 Å². The first-order valence-corrected chi connectivity index (χ1v) is 9.96. The lowest BCUT2D eigenvalue weighted by molar-refractivity contribution is 0.0548. The van der Waals surface area contributed by atoms with Crippen LogP contribution in [0.15, 0.2) is 28.8 Å². The Labute approximate surface area is 163 Å². The topological polar surface area (TPSA) is 91.2 Å². The Hall–Kier alpha value is -2.74. The van der Waals surface area contributed by atoms with Crippen LogP contribution in [0.3, 0.4) is 0 Å². The van der Waals surface area contributed by atoms with Gasteiger partial charge in [0.1, 0.15) is 0 Å². The van der Waals surface area contributed by atoms with Crippen LogP contribution in [0.25, 0.3) is 10.9 Å². The molecular formula is C20H26N6O2. The Balaban J connectivity index is 1.37. The maximum atomic E-state index is 12.9. The van der Waals surface area contributed by atoms with E-state index in [9.17, 15) is 4.79 Å². The molecule has 3 aromatic rings. The third kappa shape index (κ3) is 3.64. The molecule has 0 aliphatic carbocycles. The molecule has 4 rings (SSSR count). The fourth-order valence-corrected chi connectivity index (χ4v) is 3.62. The van der Waals surface area contributed by atoms with Gasteiger partial charge in [-0.25, -0.2) is 0 Å². The minimum atomic E-state index is -0.0237. The maximum Gasteiger partial charge on any atom is 0.275 e. The van der Waals surface area contributed by atoms with E-state index in [0.717, 1.165) is 49.1 Å². The number of H-pyrrole nitrogens is 1. The Morgan fingerprint density at radius 3 is 2.82 bits per heavy atom. The minimum absolute atomic E-state index is 0.0237. The van der Waals surface area contributed by atoms with Gasteiger partial charge in [-0.15, -0.1) is 0 Å². The van der Waals surface area contributed by atoms with Gasteiger partial charge in [0.05, 0.1) is 11.6 Å². The zero-order chi connectivity index (χ0) is 19.5. The summed E-state index contributed by atoms with van der Waals surface area (Å²) >= 11 is 0. The molecule has 1 aliphatic rings. The molecule has 148 valence electrons. The monoisotopic (exact) mass is 382 g/mol. The summed E-state index contributed by atoms with van der Waals surface area (Å²) in [5.41, 5.74) is 1.38. The van der Waals surface area contributed by atoms with Crippen LogP contribution in [0.4, 0.5) is 0 Å². The summed E-state index contributed by atoms with van der Waals surface area (Å²) in [5, 5.41) is 12.1. The molecule has 3 heterocycles. The highest BCUT2D eigenvalue weighted by Crippen LogP contribution is 2.22. The van der Waals surface area contributed by atoms with Crippen LogP contribution in [0.2, 0.25) is 0 Å². The summed E-state index contributed by atoms with van der Waals surface area (Å²) < 4.78 is 5.46. The lowest BCUT2D eigenvalue weighted by Gasteiger charge is -2.36. The lowest BCUT2D eigenvalue weighted by atomic mass is 10.1. The number of fused-ring (bicyclic) bond motifs is 1. The summed E-state index contributed by atoms with van der Waals surface area (Å²) in [5.74, 6) is 1.41. The molecule has 1 unspecified atom stereocenters. The smallest absolute Gasteiger partial charge is 0.275 e. The highest BCUT2D eigenvalue weighted by atomic mass is 16.5. The first-order chi connectivity index (χ1) is 13.7. The molecule has 1 N–H and O–H groups in total. The summed E-state index contributed by atoms with van der Waals surface area (Å²) in [6.45, 7) is 7.07. The Kier molecular flexibility index (Phi) is 5.38. The van der Waals surface area contributed by atoms with Gasteiger partial charge >= 0.3 is 0 Å². The van der Waals surface area contributed by atoms with Gasteiger partial charge in [0.2, 0.25) is 5.89 Å². The Morgan fingerprint density at radius 2 is 2.04 bits per heavy atom. The average Bonchev–Trinajstić information content (AvgIpc) is 3.38. The maximum absolute atomic E-state index is 12.9. The molecule has 2 aromatic heterocycles. The van der Waals surface area contributed by atoms with Gasteiger partial charge in [-0.1, -0.05) is 36.7 Å². The van der Waals surface area contributed by atoms with E-state index in [1.165, 1.54) is 0 Å². The molecule has 1 amide bonds. The van der Waals surface area contributed by atoms with E-state index in [4.69, 9.17) is 4.52 Å². The van der Waals surface area contributed by atoms with E-state index in [1.54, 1.807) is 0 Å². The van der Waals surface area contributed by atoms with Crippen LogP contribution in [0, 0.1) is 0 Å². The molecule has 0 radical (unpaired) electrons. The minimum Gasteiger partial charge on any atom is -0.338 e. The van der Waals surface area contributed by atoms with Crippen molar-refractivity contribution in [2.45, 2.75) is 39.2 Å². The van der Waals surface area contributed by atoms with Crippen molar-refractivity contribution in [3.05, 3.63) is 41.7 Å². The molecule has 8 nitrogen and oxygen atoms in total. The van der Waals surface area contributed by atoms with Crippen molar-refractivity contribution in [3.8, 4) is 0 Å². The van der Waals surface area contributed by atoms with Gasteiger partial charge in [0.15, 0.2) is 11.5 Å². The first kappa shape index (κ1) is 18.6. The number of aromatic amines is 1. The lowest BCUT2D eigenvalue weighted by Crippen LogP contribution is -2.49. The number of aromatic nitrogens is 4. The third-order valence-corrected chi connectivity index (χ3v) is 5.42. The van der Waals surface area contributed by atoms with E-state index in [2.05, 4.69) is 39.1 Å². The number of nitrogens with one attached hydrogen (secondary N) is 1.